The fourth-order valence-corrected chi connectivity index (χ4v) is 2.98. The molecule has 0 radical (unpaired) electrons. The quantitative estimate of drug-likeness (QED) is 0.434. The van der Waals surface area contributed by atoms with Crippen LogP contribution in [0, 0.1) is 0 Å². The zero-order chi connectivity index (χ0) is 22.7. The van der Waals surface area contributed by atoms with Gasteiger partial charge in [0.2, 0.25) is 0 Å². The number of para-hydroxylation sites is 1. The Balaban J connectivity index is 2.16. The summed E-state index contributed by atoms with van der Waals surface area (Å²) in [6.07, 6.45) is 8.33. The van der Waals surface area contributed by atoms with Crippen LogP contribution in [0.4, 0.5) is 10.5 Å². The lowest BCUT2D eigenvalue weighted by Gasteiger charge is -2.20. The third kappa shape index (κ3) is 9.04. The Morgan fingerprint density at radius 3 is 2.35 bits per heavy atom. The minimum Gasteiger partial charge on any atom is -0.444 e. The van der Waals surface area contributed by atoms with Crippen molar-refractivity contribution in [2.75, 3.05) is 5.32 Å². The molecule has 0 aliphatic rings. The lowest BCUT2D eigenvalue weighted by Crippen LogP contribution is -2.27. The number of benzene rings is 2. The fourth-order valence-electron chi connectivity index (χ4n) is 2.98. The maximum absolute atomic E-state index is 12.7. The zero-order valence-electron chi connectivity index (χ0n) is 19.0. The molecule has 0 heterocycles. The van der Waals surface area contributed by atoms with E-state index in [4.69, 9.17) is 4.74 Å². The van der Waals surface area contributed by atoms with Gasteiger partial charge in [0.1, 0.15) is 5.60 Å². The topological polar surface area (TPSA) is 55.4 Å². The molecule has 4 heteroatoms. The van der Waals surface area contributed by atoms with E-state index < -0.39 is 11.7 Å². The summed E-state index contributed by atoms with van der Waals surface area (Å²) >= 11 is 0. The van der Waals surface area contributed by atoms with Crippen LogP contribution in [-0.2, 0) is 9.53 Å². The van der Waals surface area contributed by atoms with Crippen LogP contribution in [-0.4, -0.2) is 17.5 Å². The van der Waals surface area contributed by atoms with Crippen LogP contribution in [0.2, 0.25) is 0 Å². The van der Waals surface area contributed by atoms with Crippen LogP contribution in [0.3, 0.4) is 0 Å². The number of allylic oxidation sites excluding steroid dienone is 2. The van der Waals surface area contributed by atoms with Crippen molar-refractivity contribution in [1.82, 2.24) is 0 Å². The molecule has 0 unspecified atom stereocenters. The van der Waals surface area contributed by atoms with Crippen LogP contribution in [0.5, 0.6) is 0 Å². The summed E-state index contributed by atoms with van der Waals surface area (Å²) in [7, 11) is 0. The first-order valence-electron chi connectivity index (χ1n) is 10.8. The van der Waals surface area contributed by atoms with E-state index in [1.807, 2.05) is 93.6 Å². The van der Waals surface area contributed by atoms with E-state index in [0.717, 1.165) is 29.5 Å². The van der Waals surface area contributed by atoms with Gasteiger partial charge >= 0.3 is 6.09 Å². The molecule has 1 amide bonds. The fraction of sp³-hybridized carbons (Fsp3) is 0.333. The van der Waals surface area contributed by atoms with Crippen LogP contribution in [0.15, 0.2) is 66.2 Å². The van der Waals surface area contributed by atoms with E-state index in [2.05, 4.69) is 12.2 Å². The van der Waals surface area contributed by atoms with E-state index in [1.54, 1.807) is 0 Å². The van der Waals surface area contributed by atoms with Gasteiger partial charge in [0.15, 0.2) is 5.78 Å². The van der Waals surface area contributed by atoms with Crippen LogP contribution >= 0.6 is 0 Å². The van der Waals surface area contributed by atoms with E-state index in [0.29, 0.717) is 18.5 Å². The molecule has 0 aliphatic carbocycles. The summed E-state index contributed by atoms with van der Waals surface area (Å²) in [5.41, 5.74) is 2.76. The Hall–Kier alpha value is -3.14. The van der Waals surface area contributed by atoms with E-state index in [-0.39, 0.29) is 5.78 Å². The number of hydrogen-bond donors (Lipinski definition) is 1. The number of Topliss-reactive ketones (excluding diaryl/α,β-unsaturated/α-hetero) is 1. The molecular formula is C27H33NO3. The highest BCUT2D eigenvalue weighted by molar-refractivity contribution is 5.99. The lowest BCUT2D eigenvalue weighted by molar-refractivity contribution is -0.115. The maximum atomic E-state index is 12.7. The molecule has 0 aromatic heterocycles. The van der Waals surface area contributed by atoms with Crippen molar-refractivity contribution in [2.45, 2.75) is 59.0 Å². The summed E-state index contributed by atoms with van der Waals surface area (Å²) in [6.45, 7) is 7.57. The highest BCUT2D eigenvalue weighted by Crippen LogP contribution is 2.20. The van der Waals surface area contributed by atoms with Gasteiger partial charge in [-0.1, -0.05) is 74.0 Å². The van der Waals surface area contributed by atoms with Crippen LogP contribution in [0.25, 0.3) is 12.2 Å². The average Bonchev–Trinajstić information content (AvgIpc) is 2.72. The van der Waals surface area contributed by atoms with Gasteiger partial charge in [-0.15, -0.1) is 0 Å². The summed E-state index contributed by atoms with van der Waals surface area (Å²) < 4.78 is 5.35. The number of carbonyl (C=O) groups is 2. The van der Waals surface area contributed by atoms with Crippen LogP contribution in [0.1, 0.15) is 64.5 Å². The Morgan fingerprint density at radius 2 is 1.68 bits per heavy atom. The molecule has 0 saturated heterocycles. The van der Waals surface area contributed by atoms with Crippen molar-refractivity contribution >= 4 is 29.7 Å². The largest absolute Gasteiger partial charge is 0.444 e. The Labute approximate surface area is 186 Å². The van der Waals surface area contributed by atoms with Crippen molar-refractivity contribution in [3.05, 3.63) is 77.4 Å². The molecular weight excluding hydrogens is 386 g/mol. The van der Waals surface area contributed by atoms with Gasteiger partial charge in [-0.25, -0.2) is 4.79 Å². The van der Waals surface area contributed by atoms with Gasteiger partial charge in [0, 0.05) is 6.42 Å². The van der Waals surface area contributed by atoms with Crippen LogP contribution < -0.4 is 5.32 Å². The summed E-state index contributed by atoms with van der Waals surface area (Å²) in [4.78, 5) is 24.9. The Morgan fingerprint density at radius 1 is 1.00 bits per heavy atom. The van der Waals surface area contributed by atoms with Gasteiger partial charge < -0.3 is 4.74 Å². The second-order valence-corrected chi connectivity index (χ2v) is 8.43. The highest BCUT2D eigenvalue weighted by Gasteiger charge is 2.16. The number of unbranched alkanes of at least 4 members (excludes halogenated alkanes) is 1. The molecule has 2 rings (SSSR count). The van der Waals surface area contributed by atoms with Crippen molar-refractivity contribution < 1.29 is 14.3 Å². The van der Waals surface area contributed by atoms with E-state index in [9.17, 15) is 9.59 Å². The molecule has 2 aromatic rings. The molecule has 164 valence electrons. The molecule has 0 bridgehead atoms. The molecule has 2 aromatic carbocycles. The molecule has 0 spiro atoms. The lowest BCUT2D eigenvalue weighted by atomic mass is 9.99. The first-order valence-corrected chi connectivity index (χ1v) is 10.8. The molecule has 31 heavy (non-hydrogen) atoms. The van der Waals surface area contributed by atoms with Crippen molar-refractivity contribution in [2.24, 2.45) is 0 Å². The van der Waals surface area contributed by atoms with Crippen molar-refractivity contribution in [1.29, 1.82) is 0 Å². The number of carbonyl (C=O) groups excluding carboxylic acids is 2. The zero-order valence-corrected chi connectivity index (χ0v) is 19.0. The first kappa shape index (κ1) is 24.1. The maximum Gasteiger partial charge on any atom is 0.412 e. The third-order valence-electron chi connectivity index (χ3n) is 4.49. The van der Waals surface area contributed by atoms with Gasteiger partial charge in [-0.3, -0.25) is 10.1 Å². The first-order chi connectivity index (χ1) is 14.8. The number of nitrogens with one attached hydrogen (secondary N) is 1. The number of anilines is 1. The normalized spacial score (nSPS) is 12.1. The molecule has 0 atom stereocenters. The minimum atomic E-state index is -0.565. The molecule has 0 fully saturated rings. The summed E-state index contributed by atoms with van der Waals surface area (Å²) in [5.74, 6) is 0.176. The van der Waals surface area contributed by atoms with E-state index in [1.165, 1.54) is 0 Å². The predicted molar refractivity (Wildman–Crippen MR) is 129 cm³/mol. The van der Waals surface area contributed by atoms with Gasteiger partial charge in [0.05, 0.1) is 5.69 Å². The molecule has 1 N–H and O–H groups in total. The SMILES string of the molecule is CCCCC(=O)/C(=C/c1ccccc1)C/C=C/c1ccccc1NC(=O)OC(C)(C)C. The monoisotopic (exact) mass is 419 g/mol. The standard InChI is InChI=1S/C27H33NO3/c1-5-6-19-25(29)23(20-21-13-8-7-9-14-21)17-12-16-22-15-10-11-18-24(22)28-26(30)31-27(2,3)4/h7-16,18,20H,5-6,17,19H2,1-4H3,(H,28,30)/b16-12+,23-20+. The van der Waals surface area contributed by atoms with Gasteiger partial charge in [-0.2, -0.15) is 0 Å². The van der Waals surface area contributed by atoms with Gasteiger partial charge in [0.25, 0.3) is 0 Å². The second-order valence-electron chi connectivity index (χ2n) is 8.43. The smallest absolute Gasteiger partial charge is 0.412 e. The second kappa shape index (κ2) is 11.9. The number of rotatable bonds is 9. The number of ether oxygens (including phenoxy) is 1. The highest BCUT2D eigenvalue weighted by atomic mass is 16.6. The Kier molecular flexibility index (Phi) is 9.26. The Bertz CT molecular complexity index is 921. The van der Waals surface area contributed by atoms with E-state index >= 15 is 0 Å². The molecule has 4 nitrogen and oxygen atoms in total. The molecule has 0 saturated carbocycles. The van der Waals surface area contributed by atoms with Gasteiger partial charge in [-0.05, 0) is 62.5 Å². The number of hydrogen-bond acceptors (Lipinski definition) is 3. The summed E-state index contributed by atoms with van der Waals surface area (Å²) in [5, 5.41) is 2.80. The number of amides is 1. The molecule has 0 aliphatic heterocycles. The average molecular weight is 420 g/mol. The predicted octanol–water partition coefficient (Wildman–Crippen LogP) is 7.28. The minimum absolute atomic E-state index is 0.176. The van der Waals surface area contributed by atoms with Crippen molar-refractivity contribution in [3.63, 3.8) is 0 Å². The van der Waals surface area contributed by atoms with Crippen molar-refractivity contribution in [3.8, 4) is 0 Å². The summed E-state index contributed by atoms with van der Waals surface area (Å²) in [6, 6.07) is 17.4. The number of ketones is 1. The third-order valence-corrected chi connectivity index (χ3v) is 4.49.